The van der Waals surface area contributed by atoms with Crippen LogP contribution >= 0.6 is 0 Å². The van der Waals surface area contributed by atoms with Gasteiger partial charge in [0.2, 0.25) is 5.95 Å². The van der Waals surface area contributed by atoms with Crippen LogP contribution in [0.1, 0.15) is 12.8 Å². The minimum atomic E-state index is 0.214. The Morgan fingerprint density at radius 1 is 0.892 bits per heavy atom. The number of benzene rings is 2. The highest BCUT2D eigenvalue weighted by atomic mass is 16.5. The number of hydrogen-bond donors (Lipinski definition) is 2. The molecular formula is C28H30N6O3. The lowest BCUT2D eigenvalue weighted by Crippen LogP contribution is -2.57. The van der Waals surface area contributed by atoms with Gasteiger partial charge in [0.25, 0.3) is 0 Å². The van der Waals surface area contributed by atoms with Crippen molar-refractivity contribution in [3.05, 3.63) is 67.0 Å². The van der Waals surface area contributed by atoms with Gasteiger partial charge < -0.3 is 24.8 Å². The molecule has 2 aromatic carbocycles. The van der Waals surface area contributed by atoms with Crippen LogP contribution in [0.15, 0.2) is 67.0 Å². The Morgan fingerprint density at radius 3 is 2.46 bits per heavy atom. The van der Waals surface area contributed by atoms with Gasteiger partial charge in [-0.3, -0.25) is 9.88 Å². The molecule has 0 amide bonds. The first-order valence-corrected chi connectivity index (χ1v) is 12.5. The van der Waals surface area contributed by atoms with Crippen LogP contribution in [0.4, 0.5) is 23.1 Å². The molecule has 2 atom stereocenters. The second-order valence-electron chi connectivity index (χ2n) is 9.54. The first-order chi connectivity index (χ1) is 18.1. The van der Waals surface area contributed by atoms with Gasteiger partial charge in [0, 0.05) is 48.3 Å². The van der Waals surface area contributed by atoms with Crippen molar-refractivity contribution in [2.75, 3.05) is 38.0 Å². The molecule has 0 spiro atoms. The van der Waals surface area contributed by atoms with E-state index in [2.05, 4.69) is 37.5 Å². The number of piperidine rings is 1. The monoisotopic (exact) mass is 498 g/mol. The van der Waals surface area contributed by atoms with Crippen LogP contribution in [0.5, 0.6) is 11.5 Å². The topological polar surface area (TPSA) is 93.7 Å². The van der Waals surface area contributed by atoms with E-state index in [-0.39, 0.29) is 6.10 Å². The van der Waals surface area contributed by atoms with Gasteiger partial charge in [-0.25, -0.2) is 4.98 Å². The fourth-order valence-corrected chi connectivity index (χ4v) is 5.01. The van der Waals surface area contributed by atoms with Crippen LogP contribution in [-0.4, -0.2) is 65.4 Å². The highest BCUT2D eigenvalue weighted by molar-refractivity contribution is 5.83. The van der Waals surface area contributed by atoms with E-state index >= 15 is 0 Å². The second kappa shape index (κ2) is 10.2. The number of ether oxygens (including phenoxy) is 3. The van der Waals surface area contributed by atoms with Gasteiger partial charge in [-0.2, -0.15) is 4.98 Å². The highest BCUT2D eigenvalue weighted by Crippen LogP contribution is 2.30. The van der Waals surface area contributed by atoms with Crippen LogP contribution in [0, 0.1) is 0 Å². The van der Waals surface area contributed by atoms with Crippen LogP contribution < -0.4 is 20.1 Å². The lowest BCUT2D eigenvalue weighted by molar-refractivity contribution is -0.0879. The summed E-state index contributed by atoms with van der Waals surface area (Å²) in [4.78, 5) is 15.9. The normalized spacial score (nSPS) is 21.4. The Kier molecular flexibility index (Phi) is 6.46. The van der Waals surface area contributed by atoms with Gasteiger partial charge in [-0.1, -0.05) is 0 Å². The zero-order valence-corrected chi connectivity index (χ0v) is 20.9. The number of morpholine rings is 1. The third kappa shape index (κ3) is 5.28. The Labute approximate surface area is 215 Å². The number of rotatable bonds is 7. The van der Waals surface area contributed by atoms with E-state index in [4.69, 9.17) is 14.2 Å². The molecule has 0 radical (unpaired) electrons. The summed E-state index contributed by atoms with van der Waals surface area (Å²) in [5, 5.41) is 7.59. The van der Waals surface area contributed by atoms with Gasteiger partial charge in [0.15, 0.2) is 0 Å². The van der Waals surface area contributed by atoms with Crippen molar-refractivity contribution >= 4 is 34.0 Å². The number of aromatic nitrogens is 3. The maximum Gasteiger partial charge on any atom is 0.229 e. The Bertz CT molecular complexity index is 1370. The summed E-state index contributed by atoms with van der Waals surface area (Å²) >= 11 is 0. The van der Waals surface area contributed by atoms with Gasteiger partial charge in [0.05, 0.1) is 37.7 Å². The standard InChI is InChI=1S/C28H30N6O3/c1-34-21-12-25(13-22(34)17-36-16-21)37-23-7-4-19(5-8-23)32-28-29-10-9-27(33-28)31-20-11-18-3-6-24(35-2)14-26(18)30-15-20/h3-11,14-15,21-22,25H,12-13,16-17H2,1-2H3,(H2,29,31,32,33)/t21-,22-/m0/s1. The lowest BCUT2D eigenvalue weighted by atomic mass is 9.92. The molecular weight excluding hydrogens is 468 g/mol. The highest BCUT2D eigenvalue weighted by Gasteiger charge is 2.37. The number of nitrogens with one attached hydrogen (secondary N) is 2. The molecule has 37 heavy (non-hydrogen) atoms. The molecule has 0 aliphatic carbocycles. The quantitative estimate of drug-likeness (QED) is 0.374. The van der Waals surface area contributed by atoms with Crippen molar-refractivity contribution < 1.29 is 14.2 Å². The van der Waals surface area contributed by atoms with Gasteiger partial charge in [-0.05, 0) is 55.6 Å². The largest absolute Gasteiger partial charge is 0.497 e. The molecule has 2 aliphatic rings. The summed E-state index contributed by atoms with van der Waals surface area (Å²) in [6, 6.07) is 18.5. The maximum absolute atomic E-state index is 6.31. The predicted octanol–water partition coefficient (Wildman–Crippen LogP) is 4.76. The second-order valence-corrected chi connectivity index (χ2v) is 9.54. The number of anilines is 4. The SMILES string of the molecule is COc1ccc2cc(Nc3ccnc(Nc4ccc(OC5C[C@H]6COC[C@H](C5)N6C)cc4)n3)cnc2c1. The molecule has 190 valence electrons. The number of fused-ring (bicyclic) bond motifs is 3. The summed E-state index contributed by atoms with van der Waals surface area (Å²) < 4.78 is 17.3. The zero-order valence-electron chi connectivity index (χ0n) is 20.9. The van der Waals surface area contributed by atoms with Crippen LogP contribution in [-0.2, 0) is 4.74 Å². The number of likely N-dealkylation sites (N-methyl/N-ethyl adjacent to an activating group) is 1. The summed E-state index contributed by atoms with van der Waals surface area (Å²) in [6.45, 7) is 1.58. The van der Waals surface area contributed by atoms with Crippen molar-refractivity contribution in [3.63, 3.8) is 0 Å². The van der Waals surface area contributed by atoms with Crippen molar-refractivity contribution in [1.82, 2.24) is 19.9 Å². The molecule has 6 rings (SSSR count). The predicted molar refractivity (Wildman–Crippen MR) is 143 cm³/mol. The fraction of sp³-hybridized carbons (Fsp3) is 0.321. The van der Waals surface area contributed by atoms with Crippen molar-refractivity contribution in [2.45, 2.75) is 31.0 Å². The molecule has 2 saturated heterocycles. The lowest BCUT2D eigenvalue weighted by Gasteiger charge is -2.46. The molecule has 9 nitrogen and oxygen atoms in total. The van der Waals surface area contributed by atoms with Crippen LogP contribution in [0.25, 0.3) is 10.9 Å². The number of methoxy groups -OCH3 is 1. The zero-order chi connectivity index (χ0) is 25.2. The molecule has 4 heterocycles. The molecule has 0 saturated carbocycles. The Hall–Kier alpha value is -3.95. The van der Waals surface area contributed by atoms with Crippen molar-refractivity contribution in [1.29, 1.82) is 0 Å². The molecule has 2 aliphatic heterocycles. The Morgan fingerprint density at radius 2 is 1.68 bits per heavy atom. The van der Waals surface area contributed by atoms with Crippen LogP contribution in [0.2, 0.25) is 0 Å². The average molecular weight is 499 g/mol. The summed E-state index contributed by atoms with van der Waals surface area (Å²) in [7, 11) is 3.84. The molecule has 2 N–H and O–H groups in total. The number of pyridine rings is 1. The third-order valence-electron chi connectivity index (χ3n) is 7.07. The number of hydrogen-bond acceptors (Lipinski definition) is 9. The molecule has 0 unspecified atom stereocenters. The third-order valence-corrected chi connectivity index (χ3v) is 7.07. The van der Waals surface area contributed by atoms with E-state index < -0.39 is 0 Å². The molecule has 2 aromatic heterocycles. The minimum Gasteiger partial charge on any atom is -0.497 e. The van der Waals surface area contributed by atoms with Crippen molar-refractivity contribution in [3.8, 4) is 11.5 Å². The molecule has 2 fully saturated rings. The van der Waals surface area contributed by atoms with Crippen molar-refractivity contribution in [2.24, 2.45) is 0 Å². The van der Waals surface area contributed by atoms with E-state index in [0.717, 1.165) is 59.8 Å². The fourth-order valence-electron chi connectivity index (χ4n) is 5.01. The summed E-state index contributed by atoms with van der Waals surface area (Å²) in [5.74, 6) is 2.83. The minimum absolute atomic E-state index is 0.214. The van der Waals surface area contributed by atoms with Gasteiger partial charge in [0.1, 0.15) is 23.4 Å². The van der Waals surface area contributed by atoms with E-state index in [1.165, 1.54) is 0 Å². The van der Waals surface area contributed by atoms with E-state index in [0.29, 0.717) is 23.8 Å². The molecule has 9 heteroatoms. The smallest absolute Gasteiger partial charge is 0.229 e. The average Bonchev–Trinajstić information content (AvgIpc) is 2.90. The van der Waals surface area contributed by atoms with Gasteiger partial charge >= 0.3 is 0 Å². The van der Waals surface area contributed by atoms with E-state index in [1.54, 1.807) is 19.5 Å². The first-order valence-electron chi connectivity index (χ1n) is 12.5. The maximum atomic E-state index is 6.31. The van der Waals surface area contributed by atoms with E-state index in [9.17, 15) is 0 Å². The van der Waals surface area contributed by atoms with E-state index in [1.807, 2.05) is 54.6 Å². The summed E-state index contributed by atoms with van der Waals surface area (Å²) in [5.41, 5.74) is 2.60. The molecule has 2 bridgehead atoms. The number of nitrogens with zero attached hydrogens (tertiary/aromatic N) is 4. The van der Waals surface area contributed by atoms with Gasteiger partial charge in [-0.15, -0.1) is 0 Å². The van der Waals surface area contributed by atoms with Crippen LogP contribution in [0.3, 0.4) is 0 Å². The molecule has 4 aromatic rings. The summed E-state index contributed by atoms with van der Waals surface area (Å²) in [6.07, 6.45) is 5.69. The Balaban J connectivity index is 1.08. The first kappa shape index (κ1) is 23.4.